The van der Waals surface area contributed by atoms with Gasteiger partial charge in [-0.3, -0.25) is 9.69 Å². The highest BCUT2D eigenvalue weighted by atomic mass is 16.2. The molecule has 2 aliphatic heterocycles. The second kappa shape index (κ2) is 11.3. The predicted octanol–water partition coefficient (Wildman–Crippen LogP) is 6.33. The van der Waals surface area contributed by atoms with Gasteiger partial charge >= 0.3 is 0 Å². The SMILES string of the molecule is CC(C)c1cc(C(=O)N2Cc3ccc(CN4CCN(C)CC4)cc3C2)ccc1CC1C[C@@H](C)CCC1C. The summed E-state index contributed by atoms with van der Waals surface area (Å²) in [5.74, 6) is 2.98. The predicted molar refractivity (Wildman–Crippen MR) is 153 cm³/mol. The number of fused-ring (bicyclic) bond motifs is 1. The molecule has 2 aromatic carbocycles. The Morgan fingerprint density at radius 2 is 1.70 bits per heavy atom. The van der Waals surface area contributed by atoms with Gasteiger partial charge in [0.15, 0.2) is 0 Å². The number of rotatable bonds is 6. The van der Waals surface area contributed by atoms with Crippen LogP contribution < -0.4 is 0 Å². The molecule has 2 fully saturated rings. The molecule has 37 heavy (non-hydrogen) atoms. The first kappa shape index (κ1) is 26.4. The van der Waals surface area contributed by atoms with Gasteiger partial charge in [0.1, 0.15) is 0 Å². The van der Waals surface area contributed by atoms with Crippen molar-refractivity contribution in [1.29, 1.82) is 0 Å². The lowest BCUT2D eigenvalue weighted by molar-refractivity contribution is 0.0751. The number of likely N-dealkylation sites (N-methyl/N-ethyl adjacent to an activating group) is 1. The van der Waals surface area contributed by atoms with Crippen molar-refractivity contribution in [3.8, 4) is 0 Å². The number of hydrogen-bond donors (Lipinski definition) is 0. The van der Waals surface area contributed by atoms with Gasteiger partial charge in [-0.25, -0.2) is 0 Å². The van der Waals surface area contributed by atoms with E-state index >= 15 is 0 Å². The van der Waals surface area contributed by atoms with Gasteiger partial charge in [0, 0.05) is 51.4 Å². The van der Waals surface area contributed by atoms with Crippen molar-refractivity contribution in [2.24, 2.45) is 17.8 Å². The average molecular weight is 502 g/mol. The van der Waals surface area contributed by atoms with E-state index in [0.717, 1.165) is 75.6 Å². The number of carbonyl (C=O) groups is 1. The highest BCUT2D eigenvalue weighted by Gasteiger charge is 2.28. The second-order valence-electron chi connectivity index (χ2n) is 12.8. The maximum absolute atomic E-state index is 13.6. The molecule has 4 nitrogen and oxygen atoms in total. The van der Waals surface area contributed by atoms with Crippen LogP contribution in [0, 0.1) is 17.8 Å². The maximum Gasteiger partial charge on any atom is 0.254 e. The fourth-order valence-electron chi connectivity index (χ4n) is 6.80. The van der Waals surface area contributed by atoms with Crippen LogP contribution in [0.2, 0.25) is 0 Å². The minimum atomic E-state index is 0.171. The van der Waals surface area contributed by atoms with E-state index in [1.807, 2.05) is 4.90 Å². The lowest BCUT2D eigenvalue weighted by Crippen LogP contribution is -2.43. The van der Waals surface area contributed by atoms with Crippen LogP contribution in [0.25, 0.3) is 0 Å². The van der Waals surface area contributed by atoms with Gasteiger partial charge in [-0.15, -0.1) is 0 Å². The normalized spacial score (nSPS) is 25.0. The summed E-state index contributed by atoms with van der Waals surface area (Å²) >= 11 is 0. The Morgan fingerprint density at radius 1 is 0.946 bits per heavy atom. The smallest absolute Gasteiger partial charge is 0.254 e. The van der Waals surface area contributed by atoms with Crippen molar-refractivity contribution in [2.75, 3.05) is 33.2 Å². The van der Waals surface area contributed by atoms with E-state index in [0.29, 0.717) is 5.92 Å². The van der Waals surface area contributed by atoms with Crippen molar-refractivity contribution in [1.82, 2.24) is 14.7 Å². The van der Waals surface area contributed by atoms with Crippen LogP contribution in [0.4, 0.5) is 0 Å². The molecule has 2 heterocycles. The molecular formula is C33H47N3O. The fraction of sp³-hybridized carbons (Fsp3) is 0.606. The Morgan fingerprint density at radius 3 is 2.46 bits per heavy atom. The number of hydrogen-bond acceptors (Lipinski definition) is 3. The molecule has 0 aromatic heterocycles. The van der Waals surface area contributed by atoms with Crippen molar-refractivity contribution >= 4 is 5.91 Å². The molecule has 2 unspecified atom stereocenters. The van der Waals surface area contributed by atoms with Crippen molar-refractivity contribution < 1.29 is 4.79 Å². The molecule has 1 aliphatic carbocycles. The molecule has 5 rings (SSSR count). The summed E-state index contributed by atoms with van der Waals surface area (Å²) in [7, 11) is 2.20. The first-order valence-electron chi connectivity index (χ1n) is 14.7. The molecule has 1 saturated carbocycles. The minimum Gasteiger partial charge on any atom is -0.330 e. The molecule has 0 N–H and O–H groups in total. The van der Waals surface area contributed by atoms with E-state index in [-0.39, 0.29) is 5.91 Å². The first-order chi connectivity index (χ1) is 17.8. The van der Waals surface area contributed by atoms with Crippen LogP contribution in [0.1, 0.15) is 91.1 Å². The van der Waals surface area contributed by atoms with Gasteiger partial charge in [0.05, 0.1) is 0 Å². The summed E-state index contributed by atoms with van der Waals surface area (Å²) in [5.41, 5.74) is 7.66. The molecule has 4 heteroatoms. The Kier molecular flexibility index (Phi) is 8.07. The van der Waals surface area contributed by atoms with E-state index in [4.69, 9.17) is 0 Å². The molecule has 0 bridgehead atoms. The zero-order chi connectivity index (χ0) is 26.1. The maximum atomic E-state index is 13.6. The largest absolute Gasteiger partial charge is 0.330 e. The summed E-state index contributed by atoms with van der Waals surface area (Å²) in [4.78, 5) is 20.6. The minimum absolute atomic E-state index is 0.171. The summed E-state index contributed by atoms with van der Waals surface area (Å²) < 4.78 is 0. The highest BCUT2D eigenvalue weighted by molar-refractivity contribution is 5.95. The van der Waals surface area contributed by atoms with Crippen LogP contribution in [0.5, 0.6) is 0 Å². The highest BCUT2D eigenvalue weighted by Crippen LogP contribution is 2.37. The zero-order valence-electron chi connectivity index (χ0n) is 23.8. The number of benzene rings is 2. The molecule has 0 spiro atoms. The molecule has 1 saturated heterocycles. The van der Waals surface area contributed by atoms with Gasteiger partial charge in [0.2, 0.25) is 0 Å². The van der Waals surface area contributed by atoms with Crippen LogP contribution >= 0.6 is 0 Å². The Labute approximate surface area is 225 Å². The Balaban J connectivity index is 1.26. The van der Waals surface area contributed by atoms with Gasteiger partial charge in [-0.1, -0.05) is 64.8 Å². The standard InChI is InChI=1S/C33H47N3O/c1-23(2)32-19-28(11-10-27(32)18-30-16-24(3)6-7-25(30)4)33(37)36-21-29-9-8-26(17-31(29)22-36)20-35-14-12-34(5)13-15-35/h8-11,17,19,23-25,30H,6-7,12-16,18,20-22H2,1-5H3/t24-,25?,30?/m0/s1. The fourth-order valence-corrected chi connectivity index (χ4v) is 6.80. The number of piperazine rings is 1. The molecule has 200 valence electrons. The zero-order valence-corrected chi connectivity index (χ0v) is 23.8. The van der Waals surface area contributed by atoms with Crippen LogP contribution in [0.3, 0.4) is 0 Å². The lowest BCUT2D eigenvalue weighted by atomic mass is 9.72. The molecule has 3 aliphatic rings. The molecular weight excluding hydrogens is 454 g/mol. The molecule has 3 atom stereocenters. The summed E-state index contributed by atoms with van der Waals surface area (Å²) in [6.07, 6.45) is 5.21. The van der Waals surface area contributed by atoms with Gasteiger partial charge in [-0.05, 0) is 83.5 Å². The van der Waals surface area contributed by atoms with Gasteiger partial charge in [-0.2, -0.15) is 0 Å². The topological polar surface area (TPSA) is 26.8 Å². The van der Waals surface area contributed by atoms with E-state index in [1.54, 1.807) is 0 Å². The average Bonchev–Trinajstić information content (AvgIpc) is 3.31. The Hall–Kier alpha value is -2.17. The number of nitrogens with zero attached hydrogens (tertiary/aromatic N) is 3. The first-order valence-corrected chi connectivity index (χ1v) is 14.7. The number of amides is 1. The summed E-state index contributed by atoms with van der Waals surface area (Å²) in [5, 5.41) is 0. The third-order valence-corrected chi connectivity index (χ3v) is 9.40. The summed E-state index contributed by atoms with van der Waals surface area (Å²) in [6, 6.07) is 13.4. The van der Waals surface area contributed by atoms with Gasteiger partial charge in [0.25, 0.3) is 5.91 Å². The van der Waals surface area contributed by atoms with E-state index in [1.165, 1.54) is 47.1 Å². The van der Waals surface area contributed by atoms with Crippen LogP contribution in [-0.4, -0.2) is 53.8 Å². The third kappa shape index (κ3) is 6.12. The van der Waals surface area contributed by atoms with Gasteiger partial charge < -0.3 is 9.80 Å². The van der Waals surface area contributed by atoms with Crippen molar-refractivity contribution in [2.45, 2.75) is 78.9 Å². The molecule has 0 radical (unpaired) electrons. The summed E-state index contributed by atoms with van der Waals surface area (Å²) in [6.45, 7) is 16.4. The van der Waals surface area contributed by atoms with E-state index in [2.05, 4.69) is 80.9 Å². The second-order valence-corrected chi connectivity index (χ2v) is 12.8. The van der Waals surface area contributed by atoms with Crippen molar-refractivity contribution in [3.05, 3.63) is 69.8 Å². The Bertz CT molecular complexity index is 1100. The monoisotopic (exact) mass is 501 g/mol. The van der Waals surface area contributed by atoms with Crippen LogP contribution in [0.15, 0.2) is 36.4 Å². The van der Waals surface area contributed by atoms with E-state index < -0.39 is 0 Å². The quantitative estimate of drug-likeness (QED) is 0.463. The van der Waals surface area contributed by atoms with E-state index in [9.17, 15) is 4.79 Å². The van der Waals surface area contributed by atoms with Crippen molar-refractivity contribution in [3.63, 3.8) is 0 Å². The molecule has 1 amide bonds. The van der Waals surface area contributed by atoms with Crippen LogP contribution in [-0.2, 0) is 26.1 Å². The molecule has 2 aromatic rings. The third-order valence-electron chi connectivity index (χ3n) is 9.40. The number of carbonyl (C=O) groups excluding carboxylic acids is 1. The lowest BCUT2D eigenvalue weighted by Gasteiger charge is -2.33.